The van der Waals surface area contributed by atoms with Crippen molar-refractivity contribution >= 4 is 5.97 Å². The molecular weight excluding hydrogens is 258 g/mol. The summed E-state index contributed by atoms with van der Waals surface area (Å²) in [5, 5.41) is 12.4. The van der Waals surface area contributed by atoms with Gasteiger partial charge in [0.2, 0.25) is 11.1 Å². The van der Waals surface area contributed by atoms with Crippen LogP contribution in [-0.4, -0.2) is 20.9 Å². The molecule has 0 bridgehead atoms. The summed E-state index contributed by atoms with van der Waals surface area (Å²) >= 11 is 0. The quantitative estimate of drug-likeness (QED) is 0.894. The Morgan fingerprint density at radius 3 is 2.53 bits per heavy atom. The number of aromatic carboxylic acids is 1. The minimum Gasteiger partial charge on any atom is -0.476 e. The molecule has 5 nitrogen and oxygen atoms in total. The zero-order valence-corrected chi connectivity index (χ0v) is 9.72. The van der Waals surface area contributed by atoms with Gasteiger partial charge in [0.1, 0.15) is 0 Å². The number of nitrogens with zero attached hydrogens (tertiary/aromatic N) is 2. The Hall–Kier alpha value is -2.57. The molecule has 7 heteroatoms. The molecule has 98 valence electrons. The van der Waals surface area contributed by atoms with E-state index in [2.05, 4.69) is 5.10 Å². The standard InChI is InChI=1S/C12H8F2N2O3/c1-6-4-10(17)11(12(18)19)15-16(6)7-2-3-8(13)9(14)5-7/h2-5H,1H3,(H,18,19). The summed E-state index contributed by atoms with van der Waals surface area (Å²) in [6.07, 6.45) is 0. The molecule has 1 aromatic heterocycles. The molecule has 1 aromatic carbocycles. The first kappa shape index (κ1) is 12.9. The van der Waals surface area contributed by atoms with Gasteiger partial charge in [-0.05, 0) is 19.1 Å². The van der Waals surface area contributed by atoms with Crippen LogP contribution in [0.4, 0.5) is 8.78 Å². The van der Waals surface area contributed by atoms with Crippen molar-refractivity contribution in [2.24, 2.45) is 0 Å². The summed E-state index contributed by atoms with van der Waals surface area (Å²) < 4.78 is 27.0. The van der Waals surface area contributed by atoms with Crippen LogP contribution in [0.25, 0.3) is 5.69 Å². The summed E-state index contributed by atoms with van der Waals surface area (Å²) in [6, 6.07) is 4.06. The second-order valence-corrected chi connectivity index (χ2v) is 3.81. The average Bonchev–Trinajstić information content (AvgIpc) is 2.32. The Kier molecular flexibility index (Phi) is 3.12. The fourth-order valence-corrected chi connectivity index (χ4v) is 1.57. The number of carbonyl (C=O) groups is 1. The topological polar surface area (TPSA) is 72.2 Å². The first-order valence-corrected chi connectivity index (χ1v) is 5.20. The van der Waals surface area contributed by atoms with Gasteiger partial charge in [0.15, 0.2) is 11.6 Å². The molecule has 2 rings (SSSR count). The molecule has 0 unspecified atom stereocenters. The molecular formula is C12H8F2N2O3. The number of aryl methyl sites for hydroxylation is 1. The van der Waals surface area contributed by atoms with E-state index in [0.717, 1.165) is 22.9 Å². The Balaban J connectivity index is 2.68. The predicted molar refractivity (Wildman–Crippen MR) is 61.4 cm³/mol. The second-order valence-electron chi connectivity index (χ2n) is 3.81. The van der Waals surface area contributed by atoms with Gasteiger partial charge < -0.3 is 5.11 Å². The van der Waals surface area contributed by atoms with Gasteiger partial charge in [0, 0.05) is 17.8 Å². The maximum Gasteiger partial charge on any atom is 0.360 e. The van der Waals surface area contributed by atoms with Gasteiger partial charge in [0.25, 0.3) is 0 Å². The van der Waals surface area contributed by atoms with E-state index in [4.69, 9.17) is 5.11 Å². The highest BCUT2D eigenvalue weighted by molar-refractivity contribution is 5.84. The summed E-state index contributed by atoms with van der Waals surface area (Å²) in [6.45, 7) is 1.50. The van der Waals surface area contributed by atoms with Crippen LogP contribution >= 0.6 is 0 Å². The zero-order chi connectivity index (χ0) is 14.2. The highest BCUT2D eigenvalue weighted by atomic mass is 19.2. The molecule has 1 N–H and O–H groups in total. The predicted octanol–water partition coefficient (Wildman–Crippen LogP) is 1.52. The highest BCUT2D eigenvalue weighted by Gasteiger charge is 2.14. The van der Waals surface area contributed by atoms with Crippen LogP contribution in [0.15, 0.2) is 29.1 Å². The number of rotatable bonds is 2. The molecule has 0 fully saturated rings. The monoisotopic (exact) mass is 266 g/mol. The molecule has 1 heterocycles. The first-order valence-electron chi connectivity index (χ1n) is 5.20. The van der Waals surface area contributed by atoms with E-state index >= 15 is 0 Å². The van der Waals surface area contributed by atoms with Crippen molar-refractivity contribution in [2.75, 3.05) is 0 Å². The van der Waals surface area contributed by atoms with Gasteiger partial charge in [-0.15, -0.1) is 0 Å². The number of carboxylic acids is 1. The number of benzene rings is 1. The summed E-state index contributed by atoms with van der Waals surface area (Å²) in [5.41, 5.74) is -1.00. The molecule has 0 aliphatic heterocycles. The van der Waals surface area contributed by atoms with Crippen LogP contribution in [0, 0.1) is 18.6 Å². The Morgan fingerprint density at radius 2 is 1.95 bits per heavy atom. The number of carboxylic acid groups (broad SMARTS) is 1. The largest absolute Gasteiger partial charge is 0.476 e. The average molecular weight is 266 g/mol. The van der Waals surface area contributed by atoms with Crippen LogP contribution in [0.3, 0.4) is 0 Å². The van der Waals surface area contributed by atoms with Gasteiger partial charge in [-0.25, -0.2) is 18.3 Å². The van der Waals surface area contributed by atoms with Crippen LogP contribution < -0.4 is 5.43 Å². The van der Waals surface area contributed by atoms with Gasteiger partial charge in [0.05, 0.1) is 5.69 Å². The molecule has 0 atom stereocenters. The lowest BCUT2D eigenvalue weighted by atomic mass is 10.2. The van der Waals surface area contributed by atoms with Crippen LogP contribution in [0.1, 0.15) is 16.2 Å². The lowest BCUT2D eigenvalue weighted by Crippen LogP contribution is -2.22. The van der Waals surface area contributed by atoms with Crippen molar-refractivity contribution in [1.29, 1.82) is 0 Å². The third kappa shape index (κ3) is 2.35. The maximum absolute atomic E-state index is 13.1. The first-order chi connectivity index (χ1) is 8.90. The fourth-order valence-electron chi connectivity index (χ4n) is 1.57. The smallest absolute Gasteiger partial charge is 0.360 e. The van der Waals surface area contributed by atoms with Crippen molar-refractivity contribution in [2.45, 2.75) is 6.92 Å². The lowest BCUT2D eigenvalue weighted by molar-refractivity contribution is 0.0686. The highest BCUT2D eigenvalue weighted by Crippen LogP contribution is 2.13. The summed E-state index contributed by atoms with van der Waals surface area (Å²) in [5.74, 6) is -3.60. The van der Waals surface area contributed by atoms with E-state index < -0.39 is 28.7 Å². The third-order valence-electron chi connectivity index (χ3n) is 2.46. The molecule has 0 spiro atoms. The van der Waals surface area contributed by atoms with Crippen molar-refractivity contribution < 1.29 is 18.7 Å². The SMILES string of the molecule is Cc1cc(=O)c(C(=O)O)nn1-c1ccc(F)c(F)c1. The minimum atomic E-state index is -1.48. The van der Waals surface area contributed by atoms with E-state index in [9.17, 15) is 18.4 Å². The molecule has 0 radical (unpaired) electrons. The number of hydrogen-bond acceptors (Lipinski definition) is 3. The third-order valence-corrected chi connectivity index (χ3v) is 2.46. The molecule has 0 saturated carbocycles. The van der Waals surface area contributed by atoms with E-state index in [0.29, 0.717) is 5.69 Å². The zero-order valence-electron chi connectivity index (χ0n) is 9.72. The lowest BCUT2D eigenvalue weighted by Gasteiger charge is -2.10. The van der Waals surface area contributed by atoms with Gasteiger partial charge in [-0.3, -0.25) is 4.79 Å². The molecule has 0 aliphatic rings. The summed E-state index contributed by atoms with van der Waals surface area (Å²) in [7, 11) is 0. The number of halogens is 2. The maximum atomic E-state index is 13.1. The van der Waals surface area contributed by atoms with Gasteiger partial charge >= 0.3 is 5.97 Å². The fraction of sp³-hybridized carbons (Fsp3) is 0.0833. The molecule has 0 amide bonds. The van der Waals surface area contributed by atoms with Crippen LogP contribution in [0.5, 0.6) is 0 Å². The van der Waals surface area contributed by atoms with Crippen molar-refractivity contribution in [3.05, 3.63) is 57.5 Å². The van der Waals surface area contributed by atoms with Crippen molar-refractivity contribution in [3.63, 3.8) is 0 Å². The van der Waals surface area contributed by atoms with Crippen molar-refractivity contribution in [3.8, 4) is 5.69 Å². The Labute approximate surface area is 105 Å². The van der Waals surface area contributed by atoms with E-state index in [1.807, 2.05) is 0 Å². The Bertz CT molecular complexity index is 725. The van der Waals surface area contributed by atoms with E-state index in [1.165, 1.54) is 13.0 Å². The van der Waals surface area contributed by atoms with E-state index in [-0.39, 0.29) is 5.69 Å². The second kappa shape index (κ2) is 4.60. The summed E-state index contributed by atoms with van der Waals surface area (Å²) in [4.78, 5) is 22.2. The van der Waals surface area contributed by atoms with Gasteiger partial charge in [-0.2, -0.15) is 5.10 Å². The molecule has 0 aliphatic carbocycles. The number of hydrogen-bond donors (Lipinski definition) is 1. The Morgan fingerprint density at radius 1 is 1.26 bits per heavy atom. The number of aromatic nitrogens is 2. The normalized spacial score (nSPS) is 10.5. The van der Waals surface area contributed by atoms with Gasteiger partial charge in [-0.1, -0.05) is 0 Å². The van der Waals surface area contributed by atoms with Crippen molar-refractivity contribution in [1.82, 2.24) is 9.78 Å². The molecule has 19 heavy (non-hydrogen) atoms. The van der Waals surface area contributed by atoms with Crippen LogP contribution in [-0.2, 0) is 0 Å². The van der Waals surface area contributed by atoms with E-state index in [1.54, 1.807) is 0 Å². The molecule has 2 aromatic rings. The minimum absolute atomic E-state index is 0.124. The molecule has 0 saturated heterocycles. The van der Waals surface area contributed by atoms with Crippen LogP contribution in [0.2, 0.25) is 0 Å².